The van der Waals surface area contributed by atoms with Crippen LogP contribution in [0.1, 0.15) is 33.6 Å². The Morgan fingerprint density at radius 3 is 2.42 bits per heavy atom. The van der Waals surface area contributed by atoms with Gasteiger partial charge < -0.3 is 14.2 Å². The van der Waals surface area contributed by atoms with Gasteiger partial charge in [-0.2, -0.15) is 0 Å². The molecule has 7 nitrogen and oxygen atoms in total. The smallest absolute Gasteiger partial charge is 0.311 e. The summed E-state index contributed by atoms with van der Waals surface area (Å²) in [5, 5.41) is 0. The van der Waals surface area contributed by atoms with E-state index in [0.717, 1.165) is 0 Å². The molecule has 0 fully saturated rings. The largest absolute Gasteiger partial charge is 0.454 e. The average molecular weight is 353 g/mol. The molecule has 4 rings (SSSR count). The SMILES string of the molecule is O=C(CCCN1C(=O)c2ccccc2C1=O)Oc1ccc2c(c1)OCO2. The van der Waals surface area contributed by atoms with Crippen molar-refractivity contribution in [2.75, 3.05) is 13.3 Å². The number of nitrogens with zero attached hydrogens (tertiary/aromatic N) is 1. The number of hydrogen-bond acceptors (Lipinski definition) is 6. The van der Waals surface area contributed by atoms with Crippen molar-refractivity contribution in [1.29, 1.82) is 0 Å². The summed E-state index contributed by atoms with van der Waals surface area (Å²) in [6.07, 6.45) is 0.413. The molecule has 0 saturated carbocycles. The van der Waals surface area contributed by atoms with Crippen LogP contribution in [0.2, 0.25) is 0 Å². The Morgan fingerprint density at radius 1 is 1.00 bits per heavy atom. The lowest BCUT2D eigenvalue weighted by Gasteiger charge is -2.13. The van der Waals surface area contributed by atoms with Crippen molar-refractivity contribution in [3.8, 4) is 17.2 Å². The molecular weight excluding hydrogens is 338 g/mol. The summed E-state index contributed by atoms with van der Waals surface area (Å²) in [4.78, 5) is 37.6. The fourth-order valence-electron chi connectivity index (χ4n) is 2.95. The molecule has 0 saturated heterocycles. The summed E-state index contributed by atoms with van der Waals surface area (Å²) in [7, 11) is 0. The van der Waals surface area contributed by atoms with E-state index in [4.69, 9.17) is 14.2 Å². The second-order valence-electron chi connectivity index (χ2n) is 5.90. The summed E-state index contributed by atoms with van der Waals surface area (Å²) in [5.74, 6) is 0.404. The van der Waals surface area contributed by atoms with Crippen molar-refractivity contribution in [3.63, 3.8) is 0 Å². The summed E-state index contributed by atoms with van der Waals surface area (Å²) in [6.45, 7) is 0.315. The summed E-state index contributed by atoms with van der Waals surface area (Å²) in [6, 6.07) is 11.6. The fourth-order valence-corrected chi connectivity index (χ4v) is 2.95. The van der Waals surface area contributed by atoms with Gasteiger partial charge in [0, 0.05) is 19.0 Å². The first-order chi connectivity index (χ1) is 12.6. The van der Waals surface area contributed by atoms with Crippen molar-refractivity contribution >= 4 is 17.8 Å². The second kappa shape index (κ2) is 6.51. The van der Waals surface area contributed by atoms with Gasteiger partial charge in [-0.05, 0) is 30.7 Å². The van der Waals surface area contributed by atoms with Gasteiger partial charge in [-0.1, -0.05) is 12.1 Å². The number of rotatable bonds is 5. The summed E-state index contributed by atoms with van der Waals surface area (Å²) >= 11 is 0. The van der Waals surface area contributed by atoms with Gasteiger partial charge in [-0.25, -0.2) is 0 Å². The van der Waals surface area contributed by atoms with Crippen LogP contribution in [0.4, 0.5) is 0 Å². The quantitative estimate of drug-likeness (QED) is 0.466. The number of carbonyl (C=O) groups is 3. The molecule has 0 aliphatic carbocycles. The highest BCUT2D eigenvalue weighted by molar-refractivity contribution is 6.21. The predicted octanol–water partition coefficient (Wildman–Crippen LogP) is 2.40. The Bertz CT molecular complexity index is 872. The number of fused-ring (bicyclic) bond motifs is 2. The van der Waals surface area contributed by atoms with Gasteiger partial charge in [-0.3, -0.25) is 19.3 Å². The van der Waals surface area contributed by atoms with Gasteiger partial charge in [-0.15, -0.1) is 0 Å². The van der Waals surface area contributed by atoms with Crippen LogP contribution in [-0.4, -0.2) is 36.0 Å². The molecule has 2 aromatic carbocycles. The lowest BCUT2D eigenvalue weighted by atomic mass is 10.1. The van der Waals surface area contributed by atoms with Crippen molar-refractivity contribution < 1.29 is 28.6 Å². The number of imide groups is 1. The molecule has 0 N–H and O–H groups in total. The molecule has 0 aromatic heterocycles. The van der Waals surface area contributed by atoms with Gasteiger partial charge in [0.2, 0.25) is 6.79 Å². The van der Waals surface area contributed by atoms with Crippen LogP contribution in [0.25, 0.3) is 0 Å². The third-order valence-electron chi connectivity index (χ3n) is 4.22. The molecule has 0 radical (unpaired) electrons. The van der Waals surface area contributed by atoms with Crippen LogP contribution >= 0.6 is 0 Å². The van der Waals surface area contributed by atoms with Crippen LogP contribution in [0, 0.1) is 0 Å². The molecule has 132 valence electrons. The van der Waals surface area contributed by atoms with Crippen LogP contribution in [-0.2, 0) is 4.79 Å². The number of hydrogen-bond donors (Lipinski definition) is 0. The molecule has 26 heavy (non-hydrogen) atoms. The number of ether oxygens (including phenoxy) is 3. The van der Waals surface area contributed by atoms with E-state index in [1.807, 2.05) is 0 Å². The monoisotopic (exact) mass is 353 g/mol. The minimum absolute atomic E-state index is 0.0852. The van der Waals surface area contributed by atoms with Crippen LogP contribution < -0.4 is 14.2 Å². The first-order valence-electron chi connectivity index (χ1n) is 8.19. The zero-order chi connectivity index (χ0) is 18.1. The molecular formula is C19H15NO6. The first-order valence-corrected chi connectivity index (χ1v) is 8.19. The second-order valence-corrected chi connectivity index (χ2v) is 5.90. The van der Waals surface area contributed by atoms with E-state index in [2.05, 4.69) is 0 Å². The standard InChI is InChI=1S/C19H15NO6/c21-17(26-12-7-8-15-16(10-12)25-11-24-15)6-3-9-20-18(22)13-4-1-2-5-14(13)19(20)23/h1-2,4-5,7-8,10H,3,6,9,11H2. The van der Waals surface area contributed by atoms with Gasteiger partial charge >= 0.3 is 5.97 Å². The third-order valence-corrected chi connectivity index (χ3v) is 4.22. The normalized spacial score (nSPS) is 14.5. The lowest BCUT2D eigenvalue weighted by molar-refractivity contribution is -0.134. The third kappa shape index (κ3) is 2.88. The number of carbonyl (C=O) groups excluding carboxylic acids is 3. The zero-order valence-electron chi connectivity index (χ0n) is 13.8. The van der Waals surface area contributed by atoms with Crippen molar-refractivity contribution in [1.82, 2.24) is 4.90 Å². The van der Waals surface area contributed by atoms with Crippen molar-refractivity contribution in [3.05, 3.63) is 53.6 Å². The van der Waals surface area contributed by atoms with Crippen LogP contribution in [0.15, 0.2) is 42.5 Å². The highest BCUT2D eigenvalue weighted by Gasteiger charge is 2.34. The van der Waals surface area contributed by atoms with E-state index < -0.39 is 5.97 Å². The van der Waals surface area contributed by atoms with Gasteiger partial charge in [0.15, 0.2) is 11.5 Å². The molecule has 2 aromatic rings. The Balaban J connectivity index is 1.31. The maximum atomic E-state index is 12.2. The van der Waals surface area contributed by atoms with Gasteiger partial charge in [0.05, 0.1) is 11.1 Å². The molecule has 2 aliphatic rings. The Labute approximate surface area is 149 Å². The number of amides is 2. The fraction of sp³-hybridized carbons (Fsp3) is 0.211. The zero-order valence-corrected chi connectivity index (χ0v) is 13.8. The molecule has 0 unspecified atom stereocenters. The molecule has 2 amide bonds. The number of benzene rings is 2. The van der Waals surface area contributed by atoms with E-state index in [0.29, 0.717) is 34.8 Å². The van der Waals surface area contributed by atoms with E-state index >= 15 is 0 Å². The maximum Gasteiger partial charge on any atom is 0.311 e. The number of esters is 1. The average Bonchev–Trinajstić information content (AvgIpc) is 3.20. The summed E-state index contributed by atoms with van der Waals surface area (Å²) in [5.41, 5.74) is 0.806. The Morgan fingerprint density at radius 2 is 1.69 bits per heavy atom. The molecule has 7 heteroatoms. The van der Waals surface area contributed by atoms with E-state index in [1.165, 1.54) is 4.90 Å². The Hall–Kier alpha value is -3.35. The minimum atomic E-state index is -0.444. The van der Waals surface area contributed by atoms with E-state index in [-0.39, 0.29) is 31.6 Å². The predicted molar refractivity (Wildman–Crippen MR) is 89.2 cm³/mol. The highest BCUT2D eigenvalue weighted by Crippen LogP contribution is 2.35. The molecule has 0 spiro atoms. The molecule has 2 aliphatic heterocycles. The minimum Gasteiger partial charge on any atom is -0.454 e. The topological polar surface area (TPSA) is 82.1 Å². The van der Waals surface area contributed by atoms with Crippen LogP contribution in [0.3, 0.4) is 0 Å². The van der Waals surface area contributed by atoms with Crippen molar-refractivity contribution in [2.45, 2.75) is 12.8 Å². The van der Waals surface area contributed by atoms with E-state index in [9.17, 15) is 14.4 Å². The summed E-state index contributed by atoms with van der Waals surface area (Å²) < 4.78 is 15.7. The molecule has 0 bridgehead atoms. The van der Waals surface area contributed by atoms with Gasteiger partial charge in [0.25, 0.3) is 11.8 Å². The lowest BCUT2D eigenvalue weighted by Crippen LogP contribution is -2.31. The van der Waals surface area contributed by atoms with Crippen molar-refractivity contribution in [2.24, 2.45) is 0 Å². The molecule has 2 heterocycles. The Kier molecular flexibility index (Phi) is 4.04. The highest BCUT2D eigenvalue weighted by atomic mass is 16.7. The van der Waals surface area contributed by atoms with Gasteiger partial charge in [0.1, 0.15) is 5.75 Å². The maximum absolute atomic E-state index is 12.2. The van der Waals surface area contributed by atoms with E-state index in [1.54, 1.807) is 42.5 Å². The van der Waals surface area contributed by atoms with Crippen LogP contribution in [0.5, 0.6) is 17.2 Å². The first kappa shape index (κ1) is 16.1. The molecule has 0 atom stereocenters.